The molecule has 0 bridgehead atoms. The van der Waals surface area contributed by atoms with E-state index < -0.39 is 0 Å². The van der Waals surface area contributed by atoms with Crippen molar-refractivity contribution in [3.63, 3.8) is 0 Å². The number of aromatic amines is 1. The standard InChI is InChI=1S/C19H19N3O2S/c23-18(22-11-3-7-15(22)16-8-4-12-25-16)10-9-17-20-14-6-2-1-5-13(14)19(24)21-17/h1-2,4-6,8,12,15H,3,7,9-11H2,(H,20,21,24)/t15-/m1/s1. The maximum absolute atomic E-state index is 12.7. The number of aromatic nitrogens is 2. The van der Waals surface area contributed by atoms with Crippen LogP contribution in [-0.4, -0.2) is 27.3 Å². The molecule has 1 aliphatic heterocycles. The summed E-state index contributed by atoms with van der Waals surface area (Å²) >= 11 is 1.71. The highest BCUT2D eigenvalue weighted by molar-refractivity contribution is 7.10. The first kappa shape index (κ1) is 16.0. The van der Waals surface area contributed by atoms with Crippen LogP contribution in [0, 0.1) is 0 Å². The fourth-order valence-electron chi connectivity index (χ4n) is 3.46. The van der Waals surface area contributed by atoms with Crippen LogP contribution in [0.5, 0.6) is 0 Å². The van der Waals surface area contributed by atoms with Gasteiger partial charge in [0.05, 0.1) is 16.9 Å². The summed E-state index contributed by atoms with van der Waals surface area (Å²) in [6, 6.07) is 11.6. The van der Waals surface area contributed by atoms with Crippen LogP contribution >= 0.6 is 11.3 Å². The van der Waals surface area contributed by atoms with Crippen molar-refractivity contribution >= 4 is 28.1 Å². The lowest BCUT2D eigenvalue weighted by molar-refractivity contribution is -0.132. The van der Waals surface area contributed by atoms with Crippen LogP contribution in [0.15, 0.2) is 46.6 Å². The molecule has 0 radical (unpaired) electrons. The Kier molecular flexibility index (Phi) is 4.36. The summed E-state index contributed by atoms with van der Waals surface area (Å²) in [5, 5.41) is 2.63. The van der Waals surface area contributed by atoms with Gasteiger partial charge in [0.1, 0.15) is 5.82 Å². The number of aryl methyl sites for hydroxylation is 1. The number of H-pyrrole nitrogens is 1. The minimum Gasteiger partial charge on any atom is -0.335 e. The molecule has 1 aliphatic rings. The largest absolute Gasteiger partial charge is 0.335 e. The first-order valence-corrected chi connectivity index (χ1v) is 9.41. The van der Waals surface area contributed by atoms with E-state index in [9.17, 15) is 9.59 Å². The van der Waals surface area contributed by atoms with Crippen molar-refractivity contribution in [2.75, 3.05) is 6.54 Å². The van der Waals surface area contributed by atoms with E-state index in [4.69, 9.17) is 0 Å². The Morgan fingerprint density at radius 3 is 3.00 bits per heavy atom. The van der Waals surface area contributed by atoms with Crippen molar-refractivity contribution in [3.8, 4) is 0 Å². The van der Waals surface area contributed by atoms with Gasteiger partial charge in [-0.25, -0.2) is 4.98 Å². The van der Waals surface area contributed by atoms with Gasteiger partial charge in [-0.15, -0.1) is 11.3 Å². The number of nitrogens with zero attached hydrogens (tertiary/aromatic N) is 2. The summed E-state index contributed by atoms with van der Waals surface area (Å²) in [6.07, 6.45) is 2.88. The molecule has 3 aromatic rings. The van der Waals surface area contributed by atoms with E-state index in [0.29, 0.717) is 29.6 Å². The van der Waals surface area contributed by atoms with Crippen molar-refractivity contribution in [2.45, 2.75) is 31.7 Å². The summed E-state index contributed by atoms with van der Waals surface area (Å²) in [5.74, 6) is 0.704. The predicted molar refractivity (Wildman–Crippen MR) is 98.7 cm³/mol. The van der Waals surface area contributed by atoms with Gasteiger partial charge in [-0.1, -0.05) is 18.2 Å². The topological polar surface area (TPSA) is 66.1 Å². The minimum absolute atomic E-state index is 0.131. The maximum atomic E-state index is 12.7. The van der Waals surface area contributed by atoms with Gasteiger partial charge in [0.15, 0.2) is 0 Å². The summed E-state index contributed by atoms with van der Waals surface area (Å²) in [5.41, 5.74) is 0.525. The minimum atomic E-state index is -0.148. The van der Waals surface area contributed by atoms with Gasteiger partial charge in [-0.05, 0) is 36.4 Å². The number of para-hydroxylation sites is 1. The number of carbonyl (C=O) groups excluding carboxylic acids is 1. The quantitative estimate of drug-likeness (QED) is 0.783. The van der Waals surface area contributed by atoms with Crippen molar-refractivity contribution in [2.24, 2.45) is 0 Å². The van der Waals surface area contributed by atoms with Gasteiger partial charge in [0.2, 0.25) is 5.91 Å². The zero-order valence-corrected chi connectivity index (χ0v) is 14.6. The fraction of sp³-hybridized carbons (Fsp3) is 0.316. The highest BCUT2D eigenvalue weighted by Crippen LogP contribution is 2.34. The number of thiophene rings is 1. The van der Waals surface area contributed by atoms with Crippen LogP contribution in [0.2, 0.25) is 0 Å². The van der Waals surface area contributed by atoms with E-state index in [-0.39, 0.29) is 17.5 Å². The van der Waals surface area contributed by atoms with Crippen LogP contribution in [0.3, 0.4) is 0 Å². The van der Waals surface area contributed by atoms with E-state index in [1.54, 1.807) is 17.4 Å². The molecule has 25 heavy (non-hydrogen) atoms. The van der Waals surface area contributed by atoms with Crippen LogP contribution in [-0.2, 0) is 11.2 Å². The highest BCUT2D eigenvalue weighted by Gasteiger charge is 2.30. The number of rotatable bonds is 4. The molecule has 5 nitrogen and oxygen atoms in total. The van der Waals surface area contributed by atoms with E-state index in [1.807, 2.05) is 29.2 Å². The molecule has 0 saturated carbocycles. The average Bonchev–Trinajstić information content (AvgIpc) is 3.30. The van der Waals surface area contributed by atoms with E-state index >= 15 is 0 Å². The Hall–Kier alpha value is -2.47. The molecule has 1 N–H and O–H groups in total. The molecule has 1 saturated heterocycles. The number of amides is 1. The second kappa shape index (κ2) is 6.80. The summed E-state index contributed by atoms with van der Waals surface area (Å²) in [6.45, 7) is 0.809. The van der Waals surface area contributed by atoms with Crippen molar-refractivity contribution in [1.29, 1.82) is 0 Å². The molecule has 1 aromatic carbocycles. The monoisotopic (exact) mass is 353 g/mol. The fourth-order valence-corrected chi connectivity index (χ4v) is 4.34. The van der Waals surface area contributed by atoms with E-state index in [1.165, 1.54) is 4.88 Å². The Morgan fingerprint density at radius 1 is 1.28 bits per heavy atom. The van der Waals surface area contributed by atoms with Gasteiger partial charge >= 0.3 is 0 Å². The average molecular weight is 353 g/mol. The second-order valence-corrected chi connectivity index (χ2v) is 7.27. The number of benzene rings is 1. The number of carbonyl (C=O) groups is 1. The van der Waals surface area contributed by atoms with Gasteiger partial charge in [-0.2, -0.15) is 0 Å². The lowest BCUT2D eigenvalue weighted by Gasteiger charge is -2.23. The smallest absolute Gasteiger partial charge is 0.258 e. The Morgan fingerprint density at radius 2 is 2.16 bits per heavy atom. The summed E-state index contributed by atoms with van der Waals surface area (Å²) < 4.78 is 0. The third kappa shape index (κ3) is 3.22. The van der Waals surface area contributed by atoms with E-state index in [2.05, 4.69) is 21.4 Å². The number of likely N-dealkylation sites (tertiary alicyclic amines) is 1. The van der Waals surface area contributed by atoms with Gasteiger partial charge in [-0.3, -0.25) is 9.59 Å². The van der Waals surface area contributed by atoms with Crippen molar-refractivity contribution < 1.29 is 4.79 Å². The lowest BCUT2D eigenvalue weighted by atomic mass is 10.1. The Bertz CT molecular complexity index is 949. The number of nitrogens with one attached hydrogen (secondary N) is 1. The summed E-state index contributed by atoms with van der Waals surface area (Å²) in [4.78, 5) is 35.3. The predicted octanol–water partition coefficient (Wildman–Crippen LogP) is 3.28. The van der Waals surface area contributed by atoms with Crippen molar-refractivity contribution in [1.82, 2.24) is 14.9 Å². The van der Waals surface area contributed by atoms with Crippen LogP contribution < -0.4 is 5.56 Å². The van der Waals surface area contributed by atoms with Crippen LogP contribution in [0.25, 0.3) is 10.9 Å². The first-order valence-electron chi connectivity index (χ1n) is 8.53. The Labute approximate surface area is 149 Å². The molecule has 1 amide bonds. The third-order valence-electron chi connectivity index (χ3n) is 4.68. The zero-order chi connectivity index (χ0) is 17.2. The molecular weight excluding hydrogens is 334 g/mol. The van der Waals surface area contributed by atoms with Crippen LogP contribution in [0.1, 0.15) is 36.0 Å². The first-order chi connectivity index (χ1) is 12.2. The SMILES string of the molecule is O=C(CCc1nc2ccccc2c(=O)[nH]1)N1CCC[C@@H]1c1cccs1. The molecule has 3 heterocycles. The molecule has 0 unspecified atom stereocenters. The van der Waals surface area contributed by atoms with Gasteiger partial charge < -0.3 is 9.88 Å². The molecule has 0 spiro atoms. The van der Waals surface area contributed by atoms with Crippen molar-refractivity contribution in [3.05, 3.63) is 62.8 Å². The molecule has 0 aliphatic carbocycles. The summed E-state index contributed by atoms with van der Waals surface area (Å²) in [7, 11) is 0. The highest BCUT2D eigenvalue weighted by atomic mass is 32.1. The molecule has 6 heteroatoms. The molecule has 2 aromatic heterocycles. The number of fused-ring (bicyclic) bond motifs is 1. The molecular formula is C19H19N3O2S. The maximum Gasteiger partial charge on any atom is 0.258 e. The lowest BCUT2D eigenvalue weighted by Crippen LogP contribution is -2.30. The number of hydrogen-bond acceptors (Lipinski definition) is 4. The van der Waals surface area contributed by atoms with E-state index in [0.717, 1.165) is 19.4 Å². The second-order valence-electron chi connectivity index (χ2n) is 6.29. The van der Waals surface area contributed by atoms with Gasteiger partial charge in [0, 0.05) is 24.3 Å². The third-order valence-corrected chi connectivity index (χ3v) is 5.66. The number of hydrogen-bond donors (Lipinski definition) is 1. The molecule has 128 valence electrons. The molecule has 1 fully saturated rings. The normalized spacial score (nSPS) is 17.3. The Balaban J connectivity index is 1.48. The molecule has 4 rings (SSSR count). The van der Waals surface area contributed by atoms with Crippen LogP contribution in [0.4, 0.5) is 0 Å². The van der Waals surface area contributed by atoms with Gasteiger partial charge in [0.25, 0.3) is 5.56 Å². The zero-order valence-electron chi connectivity index (χ0n) is 13.8. The molecule has 1 atom stereocenters.